The summed E-state index contributed by atoms with van der Waals surface area (Å²) in [6.07, 6.45) is 7.60. The molecule has 1 aromatic heterocycles. The normalized spacial score (nSPS) is 20.1. The van der Waals surface area contributed by atoms with Crippen LogP contribution >= 0.6 is 0 Å². The number of nitrogens with zero attached hydrogens (tertiary/aromatic N) is 2. The van der Waals surface area contributed by atoms with Gasteiger partial charge in [-0.2, -0.15) is 9.97 Å². The second-order valence-electron chi connectivity index (χ2n) is 3.66. The van der Waals surface area contributed by atoms with Gasteiger partial charge in [-0.3, -0.25) is 0 Å². The van der Waals surface area contributed by atoms with Crippen molar-refractivity contribution in [1.82, 2.24) is 9.97 Å². The SMILES string of the molecule is Nc1cc(NC2CC=CCC2)nc(N)n1. The van der Waals surface area contributed by atoms with E-state index in [0.717, 1.165) is 19.3 Å². The van der Waals surface area contributed by atoms with Crippen LogP contribution in [0.2, 0.25) is 0 Å². The lowest BCUT2D eigenvalue weighted by Crippen LogP contribution is -2.21. The quantitative estimate of drug-likeness (QED) is 0.630. The van der Waals surface area contributed by atoms with Crippen molar-refractivity contribution in [3.63, 3.8) is 0 Å². The number of nitrogens with one attached hydrogen (secondary N) is 1. The average Bonchev–Trinajstić information content (AvgIpc) is 2.17. The molecule has 0 fully saturated rings. The maximum atomic E-state index is 5.58. The Bertz CT molecular complexity index is 354. The largest absolute Gasteiger partial charge is 0.383 e. The Balaban J connectivity index is 2.06. The molecule has 0 aromatic carbocycles. The minimum absolute atomic E-state index is 0.212. The first-order valence-electron chi connectivity index (χ1n) is 5.05. The summed E-state index contributed by atoms with van der Waals surface area (Å²) in [5, 5.41) is 3.30. The Morgan fingerprint density at radius 3 is 2.80 bits per heavy atom. The molecule has 0 amide bonds. The fourth-order valence-electron chi connectivity index (χ4n) is 1.69. The van der Waals surface area contributed by atoms with Crippen LogP contribution in [-0.4, -0.2) is 16.0 Å². The van der Waals surface area contributed by atoms with Crippen molar-refractivity contribution < 1.29 is 0 Å². The van der Waals surface area contributed by atoms with Crippen molar-refractivity contribution in [3.05, 3.63) is 18.2 Å². The molecule has 1 aliphatic rings. The van der Waals surface area contributed by atoms with Crippen molar-refractivity contribution >= 4 is 17.6 Å². The molecular weight excluding hydrogens is 190 g/mol. The molecule has 0 radical (unpaired) electrons. The molecule has 1 heterocycles. The van der Waals surface area contributed by atoms with E-state index >= 15 is 0 Å². The summed E-state index contributed by atoms with van der Waals surface area (Å²) in [5.74, 6) is 1.32. The Labute approximate surface area is 88.6 Å². The smallest absolute Gasteiger partial charge is 0.223 e. The highest BCUT2D eigenvalue weighted by Gasteiger charge is 2.10. The minimum Gasteiger partial charge on any atom is -0.383 e. The molecule has 0 saturated carbocycles. The summed E-state index contributed by atoms with van der Waals surface area (Å²) in [5.41, 5.74) is 11.1. The van der Waals surface area contributed by atoms with Gasteiger partial charge in [0, 0.05) is 12.1 Å². The third-order valence-electron chi connectivity index (χ3n) is 2.38. The predicted octanol–water partition coefficient (Wildman–Crippen LogP) is 1.16. The maximum absolute atomic E-state index is 5.58. The molecule has 5 heteroatoms. The first kappa shape index (κ1) is 9.76. The van der Waals surface area contributed by atoms with E-state index in [-0.39, 0.29) is 5.95 Å². The third-order valence-corrected chi connectivity index (χ3v) is 2.38. The highest BCUT2D eigenvalue weighted by molar-refractivity contribution is 5.49. The number of hydrogen-bond acceptors (Lipinski definition) is 5. The fraction of sp³-hybridized carbons (Fsp3) is 0.400. The first-order valence-corrected chi connectivity index (χ1v) is 5.05. The van der Waals surface area contributed by atoms with Gasteiger partial charge in [0.25, 0.3) is 0 Å². The molecule has 0 aliphatic heterocycles. The van der Waals surface area contributed by atoms with Crippen LogP contribution in [0.3, 0.4) is 0 Å². The lowest BCUT2D eigenvalue weighted by atomic mass is 10.0. The zero-order valence-corrected chi connectivity index (χ0v) is 8.48. The molecular formula is C10H15N5. The Morgan fingerprint density at radius 2 is 2.13 bits per heavy atom. The molecule has 5 N–H and O–H groups in total. The van der Waals surface area contributed by atoms with E-state index in [4.69, 9.17) is 11.5 Å². The van der Waals surface area contributed by atoms with Gasteiger partial charge in [0.15, 0.2) is 0 Å². The summed E-state index contributed by atoms with van der Waals surface area (Å²) in [4.78, 5) is 7.90. The van der Waals surface area contributed by atoms with Crippen LogP contribution in [0.25, 0.3) is 0 Å². The number of nitrogen functional groups attached to an aromatic ring is 2. The van der Waals surface area contributed by atoms with E-state index in [1.54, 1.807) is 6.07 Å². The van der Waals surface area contributed by atoms with Gasteiger partial charge in [-0.05, 0) is 19.3 Å². The van der Waals surface area contributed by atoms with Gasteiger partial charge in [0.2, 0.25) is 5.95 Å². The lowest BCUT2D eigenvalue weighted by Gasteiger charge is -2.19. The fourth-order valence-corrected chi connectivity index (χ4v) is 1.69. The van der Waals surface area contributed by atoms with E-state index in [0.29, 0.717) is 17.7 Å². The molecule has 1 aromatic rings. The van der Waals surface area contributed by atoms with Crippen molar-refractivity contribution in [2.75, 3.05) is 16.8 Å². The van der Waals surface area contributed by atoms with Gasteiger partial charge in [-0.25, -0.2) is 0 Å². The van der Waals surface area contributed by atoms with E-state index in [2.05, 4.69) is 27.4 Å². The van der Waals surface area contributed by atoms with E-state index in [1.165, 1.54) is 0 Å². The summed E-state index contributed by atoms with van der Waals surface area (Å²) in [7, 11) is 0. The highest BCUT2D eigenvalue weighted by atomic mass is 15.1. The van der Waals surface area contributed by atoms with Crippen molar-refractivity contribution in [2.45, 2.75) is 25.3 Å². The van der Waals surface area contributed by atoms with Crippen LogP contribution in [0.5, 0.6) is 0 Å². The maximum Gasteiger partial charge on any atom is 0.223 e. The van der Waals surface area contributed by atoms with E-state index < -0.39 is 0 Å². The Kier molecular flexibility index (Phi) is 2.71. The molecule has 5 nitrogen and oxygen atoms in total. The van der Waals surface area contributed by atoms with E-state index in [9.17, 15) is 0 Å². The van der Waals surface area contributed by atoms with Crippen LogP contribution in [-0.2, 0) is 0 Å². The highest BCUT2D eigenvalue weighted by Crippen LogP contribution is 2.17. The standard InChI is InChI=1S/C10H15N5/c11-8-6-9(15-10(12)14-8)13-7-4-2-1-3-5-7/h1-2,6-7H,3-5H2,(H5,11,12,13,14,15). The summed E-state index contributed by atoms with van der Waals surface area (Å²) in [6, 6.07) is 2.12. The molecule has 80 valence electrons. The Hall–Kier alpha value is -1.78. The van der Waals surface area contributed by atoms with Gasteiger partial charge < -0.3 is 16.8 Å². The zero-order valence-electron chi connectivity index (χ0n) is 8.48. The zero-order chi connectivity index (χ0) is 10.7. The third kappa shape index (κ3) is 2.59. The first-order chi connectivity index (χ1) is 7.24. The number of rotatable bonds is 2. The van der Waals surface area contributed by atoms with Crippen molar-refractivity contribution in [2.24, 2.45) is 0 Å². The van der Waals surface area contributed by atoms with Crippen LogP contribution in [0.1, 0.15) is 19.3 Å². The van der Waals surface area contributed by atoms with Gasteiger partial charge in [0.1, 0.15) is 11.6 Å². The van der Waals surface area contributed by atoms with Gasteiger partial charge >= 0.3 is 0 Å². The van der Waals surface area contributed by atoms with Crippen molar-refractivity contribution in [1.29, 1.82) is 0 Å². The van der Waals surface area contributed by atoms with Crippen molar-refractivity contribution in [3.8, 4) is 0 Å². The molecule has 2 rings (SSSR count). The minimum atomic E-state index is 0.212. The second-order valence-corrected chi connectivity index (χ2v) is 3.66. The summed E-state index contributed by atoms with van der Waals surface area (Å²) < 4.78 is 0. The lowest BCUT2D eigenvalue weighted by molar-refractivity contribution is 0.642. The summed E-state index contributed by atoms with van der Waals surface area (Å²) in [6.45, 7) is 0. The molecule has 15 heavy (non-hydrogen) atoms. The van der Waals surface area contributed by atoms with Crippen LogP contribution in [0, 0.1) is 0 Å². The number of allylic oxidation sites excluding steroid dienone is 1. The molecule has 1 unspecified atom stereocenters. The van der Waals surface area contributed by atoms with Crippen LogP contribution < -0.4 is 16.8 Å². The second kappa shape index (κ2) is 4.16. The number of nitrogens with two attached hydrogens (primary N) is 2. The average molecular weight is 205 g/mol. The molecule has 0 saturated heterocycles. The Morgan fingerprint density at radius 1 is 1.27 bits per heavy atom. The van der Waals surface area contributed by atoms with Crippen LogP contribution in [0.15, 0.2) is 18.2 Å². The molecule has 1 aliphatic carbocycles. The predicted molar refractivity (Wildman–Crippen MR) is 61.3 cm³/mol. The number of aromatic nitrogens is 2. The molecule has 0 spiro atoms. The van der Waals surface area contributed by atoms with Gasteiger partial charge in [0.05, 0.1) is 0 Å². The van der Waals surface area contributed by atoms with Gasteiger partial charge in [-0.15, -0.1) is 0 Å². The number of anilines is 3. The summed E-state index contributed by atoms with van der Waals surface area (Å²) >= 11 is 0. The topological polar surface area (TPSA) is 89.8 Å². The monoisotopic (exact) mass is 205 g/mol. The van der Waals surface area contributed by atoms with Crippen LogP contribution in [0.4, 0.5) is 17.6 Å². The van der Waals surface area contributed by atoms with Gasteiger partial charge in [-0.1, -0.05) is 12.2 Å². The molecule has 1 atom stereocenters. The number of hydrogen-bond donors (Lipinski definition) is 3. The molecule has 0 bridgehead atoms. The van der Waals surface area contributed by atoms with E-state index in [1.807, 2.05) is 0 Å².